The minimum absolute atomic E-state index is 0.0491. The Labute approximate surface area is 121 Å². The second-order valence-electron chi connectivity index (χ2n) is 5.68. The van der Waals surface area contributed by atoms with Crippen molar-refractivity contribution in [3.8, 4) is 0 Å². The van der Waals surface area contributed by atoms with Crippen molar-refractivity contribution in [2.45, 2.75) is 39.7 Å². The lowest BCUT2D eigenvalue weighted by Crippen LogP contribution is -2.27. The summed E-state index contributed by atoms with van der Waals surface area (Å²) in [6.07, 6.45) is 0. The summed E-state index contributed by atoms with van der Waals surface area (Å²) >= 11 is 1.50. The van der Waals surface area contributed by atoms with Gasteiger partial charge >= 0.3 is 0 Å². The van der Waals surface area contributed by atoms with E-state index in [0.717, 1.165) is 5.01 Å². The topological polar surface area (TPSA) is 72.1 Å². The summed E-state index contributed by atoms with van der Waals surface area (Å²) in [5.74, 6) is 0.841. The van der Waals surface area contributed by atoms with Crippen molar-refractivity contribution >= 4 is 17.2 Å². The first-order valence-electron chi connectivity index (χ1n) is 6.28. The van der Waals surface area contributed by atoms with Gasteiger partial charge < -0.3 is 9.42 Å². The first kappa shape index (κ1) is 14.6. The lowest BCUT2D eigenvalue weighted by molar-refractivity contribution is 0.0775. The average Bonchev–Trinajstić information content (AvgIpc) is 2.96. The van der Waals surface area contributed by atoms with Gasteiger partial charge in [0.05, 0.1) is 11.6 Å². The van der Waals surface area contributed by atoms with Crippen LogP contribution in [0.1, 0.15) is 48.0 Å². The van der Waals surface area contributed by atoms with E-state index >= 15 is 0 Å². The molecule has 0 aliphatic rings. The molecule has 0 aromatic carbocycles. The monoisotopic (exact) mass is 294 g/mol. The van der Waals surface area contributed by atoms with Crippen molar-refractivity contribution < 1.29 is 9.32 Å². The highest BCUT2D eigenvalue weighted by Crippen LogP contribution is 2.25. The largest absolute Gasteiger partial charge is 0.340 e. The zero-order chi connectivity index (χ0) is 14.9. The van der Waals surface area contributed by atoms with E-state index in [9.17, 15) is 4.79 Å². The number of aryl methyl sites for hydroxylation is 1. The van der Waals surface area contributed by atoms with Crippen LogP contribution in [-0.2, 0) is 12.0 Å². The Hall–Kier alpha value is -1.76. The van der Waals surface area contributed by atoms with E-state index in [4.69, 9.17) is 4.52 Å². The van der Waals surface area contributed by atoms with Crippen LogP contribution in [0.25, 0.3) is 0 Å². The number of hydrogen-bond acceptors (Lipinski definition) is 6. The molecule has 0 bridgehead atoms. The molecule has 0 atom stereocenters. The summed E-state index contributed by atoms with van der Waals surface area (Å²) in [7, 11) is 1.70. The van der Waals surface area contributed by atoms with Gasteiger partial charge in [-0.25, -0.2) is 4.98 Å². The molecule has 0 unspecified atom stereocenters. The molecule has 2 aromatic heterocycles. The number of nitrogens with zero attached hydrogens (tertiary/aromatic N) is 4. The SMILES string of the molecule is Cc1nc(CN(C)C(=O)c2csc(C(C)(C)C)n2)no1. The highest BCUT2D eigenvalue weighted by atomic mass is 32.1. The predicted octanol–water partition coefficient (Wildman–Crippen LogP) is 2.40. The Kier molecular flexibility index (Phi) is 3.89. The normalized spacial score (nSPS) is 11.7. The highest BCUT2D eigenvalue weighted by Gasteiger charge is 2.22. The first-order valence-corrected chi connectivity index (χ1v) is 7.16. The number of aromatic nitrogens is 3. The van der Waals surface area contributed by atoms with Crippen LogP contribution >= 0.6 is 11.3 Å². The molecule has 0 aliphatic heterocycles. The van der Waals surface area contributed by atoms with Gasteiger partial charge in [-0.15, -0.1) is 11.3 Å². The molecular weight excluding hydrogens is 276 g/mol. The number of hydrogen-bond donors (Lipinski definition) is 0. The van der Waals surface area contributed by atoms with Crippen LogP contribution in [0.4, 0.5) is 0 Å². The van der Waals surface area contributed by atoms with Gasteiger partial charge in [-0.2, -0.15) is 4.98 Å². The summed E-state index contributed by atoms with van der Waals surface area (Å²) in [4.78, 5) is 22.3. The van der Waals surface area contributed by atoms with Crippen molar-refractivity contribution in [2.24, 2.45) is 0 Å². The quantitative estimate of drug-likeness (QED) is 0.869. The van der Waals surface area contributed by atoms with Gasteiger partial charge in [-0.1, -0.05) is 25.9 Å². The summed E-state index contributed by atoms with van der Waals surface area (Å²) in [6.45, 7) is 8.25. The maximum atomic E-state index is 12.3. The number of rotatable bonds is 3. The molecule has 2 heterocycles. The van der Waals surface area contributed by atoms with E-state index in [0.29, 0.717) is 24.0 Å². The van der Waals surface area contributed by atoms with Gasteiger partial charge in [0.2, 0.25) is 5.89 Å². The molecule has 0 spiro atoms. The molecule has 0 fully saturated rings. The van der Waals surface area contributed by atoms with Crippen LogP contribution < -0.4 is 0 Å². The van der Waals surface area contributed by atoms with Crippen LogP contribution in [0, 0.1) is 6.92 Å². The number of carbonyl (C=O) groups is 1. The molecule has 0 saturated carbocycles. The highest BCUT2D eigenvalue weighted by molar-refractivity contribution is 7.10. The second-order valence-corrected chi connectivity index (χ2v) is 6.54. The third-order valence-corrected chi connectivity index (χ3v) is 3.93. The smallest absolute Gasteiger partial charge is 0.273 e. The predicted molar refractivity (Wildman–Crippen MR) is 75.6 cm³/mol. The third-order valence-electron chi connectivity index (χ3n) is 2.66. The van der Waals surface area contributed by atoms with Gasteiger partial charge in [-0.3, -0.25) is 4.79 Å². The minimum Gasteiger partial charge on any atom is -0.340 e. The van der Waals surface area contributed by atoms with E-state index in [1.807, 2.05) is 0 Å². The van der Waals surface area contributed by atoms with Gasteiger partial charge in [0.1, 0.15) is 5.69 Å². The number of amides is 1. The lowest BCUT2D eigenvalue weighted by atomic mass is 9.98. The average molecular weight is 294 g/mol. The number of thiazole rings is 1. The van der Waals surface area contributed by atoms with E-state index in [1.54, 1.807) is 19.4 Å². The van der Waals surface area contributed by atoms with Crippen molar-refractivity contribution in [3.05, 3.63) is 27.8 Å². The van der Waals surface area contributed by atoms with Gasteiger partial charge in [0.25, 0.3) is 5.91 Å². The fraction of sp³-hybridized carbons (Fsp3) is 0.538. The Bertz CT molecular complexity index is 612. The molecule has 6 nitrogen and oxygen atoms in total. The molecule has 0 saturated heterocycles. The minimum atomic E-state index is -0.140. The fourth-order valence-corrected chi connectivity index (χ4v) is 2.48. The van der Waals surface area contributed by atoms with Gasteiger partial charge in [0, 0.05) is 24.8 Å². The molecule has 0 aliphatic carbocycles. The molecule has 0 radical (unpaired) electrons. The van der Waals surface area contributed by atoms with E-state index in [2.05, 4.69) is 35.9 Å². The second kappa shape index (κ2) is 5.32. The fourth-order valence-electron chi connectivity index (χ4n) is 1.60. The maximum absolute atomic E-state index is 12.3. The van der Waals surface area contributed by atoms with Crippen molar-refractivity contribution in [1.82, 2.24) is 20.0 Å². The molecule has 2 rings (SSSR count). The van der Waals surface area contributed by atoms with Crippen LogP contribution in [0.5, 0.6) is 0 Å². The van der Waals surface area contributed by atoms with E-state index < -0.39 is 0 Å². The summed E-state index contributed by atoms with van der Waals surface area (Å²) in [6, 6.07) is 0. The number of carbonyl (C=O) groups excluding carboxylic acids is 1. The Morgan fingerprint density at radius 1 is 1.40 bits per heavy atom. The third kappa shape index (κ3) is 3.22. The molecule has 7 heteroatoms. The van der Waals surface area contributed by atoms with Crippen molar-refractivity contribution in [1.29, 1.82) is 0 Å². The summed E-state index contributed by atoms with van der Waals surface area (Å²) in [5.41, 5.74) is 0.412. The molecular formula is C13H18N4O2S. The zero-order valence-corrected chi connectivity index (χ0v) is 13.1. The Morgan fingerprint density at radius 2 is 2.10 bits per heavy atom. The molecule has 108 valence electrons. The summed E-state index contributed by atoms with van der Waals surface area (Å²) < 4.78 is 4.89. The van der Waals surface area contributed by atoms with Crippen molar-refractivity contribution in [3.63, 3.8) is 0 Å². The first-order chi connectivity index (χ1) is 9.27. The molecule has 2 aromatic rings. The Balaban J connectivity index is 2.09. The van der Waals surface area contributed by atoms with Crippen LogP contribution in [0.15, 0.2) is 9.90 Å². The van der Waals surface area contributed by atoms with Crippen molar-refractivity contribution in [2.75, 3.05) is 7.05 Å². The van der Waals surface area contributed by atoms with Gasteiger partial charge in [0.15, 0.2) is 5.82 Å². The molecule has 0 N–H and O–H groups in total. The standard InChI is InChI=1S/C13H18N4O2S/c1-8-14-10(16-19-8)6-17(5)11(18)9-7-20-12(15-9)13(2,3)4/h7H,6H2,1-5H3. The van der Waals surface area contributed by atoms with E-state index in [1.165, 1.54) is 16.2 Å². The van der Waals surface area contributed by atoms with Crippen LogP contribution in [0.3, 0.4) is 0 Å². The molecule has 1 amide bonds. The van der Waals surface area contributed by atoms with Crippen LogP contribution in [0.2, 0.25) is 0 Å². The lowest BCUT2D eigenvalue weighted by Gasteiger charge is -2.15. The Morgan fingerprint density at radius 3 is 2.60 bits per heavy atom. The van der Waals surface area contributed by atoms with Crippen LogP contribution in [-0.4, -0.2) is 33.0 Å². The van der Waals surface area contributed by atoms with Gasteiger partial charge in [-0.05, 0) is 0 Å². The summed E-state index contributed by atoms with van der Waals surface area (Å²) in [5, 5.41) is 6.52. The maximum Gasteiger partial charge on any atom is 0.273 e. The molecule has 20 heavy (non-hydrogen) atoms. The zero-order valence-electron chi connectivity index (χ0n) is 12.3. The van der Waals surface area contributed by atoms with E-state index in [-0.39, 0.29) is 11.3 Å².